The van der Waals surface area contributed by atoms with Crippen LogP contribution in [0.5, 0.6) is 0 Å². The number of fused-ring (bicyclic) bond motifs is 3. The van der Waals surface area contributed by atoms with E-state index < -0.39 is 11.5 Å². The molecule has 5 rings (SSSR count). The Bertz CT molecular complexity index is 1510. The van der Waals surface area contributed by atoms with Crippen LogP contribution < -0.4 is 16.6 Å². The molecule has 4 aromatic rings. The van der Waals surface area contributed by atoms with Crippen LogP contribution in [0.25, 0.3) is 16.7 Å². The second kappa shape index (κ2) is 9.65. The molecule has 182 valence electrons. The Morgan fingerprint density at radius 1 is 1.09 bits per heavy atom. The topological polar surface area (TPSA) is 90.4 Å². The van der Waals surface area contributed by atoms with Gasteiger partial charge in [0.2, 0.25) is 11.7 Å². The number of para-hydroxylation sites is 1. The Balaban J connectivity index is 1.54. The smallest absolute Gasteiger partial charge is 0.352 e. The third-order valence-corrected chi connectivity index (χ3v) is 6.94. The lowest BCUT2D eigenvalue weighted by Crippen LogP contribution is -2.37. The van der Waals surface area contributed by atoms with E-state index in [2.05, 4.69) is 10.4 Å². The number of amides is 1. The SMILES string of the molecule is O=C(CCn1c(=O)c2ccccc2n2c(=O)n(Cc3c(F)cccc3Cl)nc12)NC1CCCCC1. The summed E-state index contributed by atoms with van der Waals surface area (Å²) in [5.41, 5.74) is -0.355. The summed E-state index contributed by atoms with van der Waals surface area (Å²) in [6.45, 7) is -0.140. The molecule has 1 saturated carbocycles. The number of nitrogens with zero attached hydrogens (tertiary/aromatic N) is 4. The summed E-state index contributed by atoms with van der Waals surface area (Å²) in [5, 5.41) is 7.93. The second-order valence-electron chi connectivity index (χ2n) is 8.90. The lowest BCUT2D eigenvalue weighted by Gasteiger charge is -2.22. The molecule has 1 aliphatic rings. The number of nitrogens with one attached hydrogen (secondary N) is 1. The molecule has 1 N–H and O–H groups in total. The lowest BCUT2D eigenvalue weighted by molar-refractivity contribution is -0.122. The molecular weight excluding hydrogens is 473 g/mol. The first-order valence-corrected chi connectivity index (χ1v) is 12.1. The molecule has 1 aliphatic carbocycles. The monoisotopic (exact) mass is 497 g/mol. The van der Waals surface area contributed by atoms with E-state index in [1.807, 2.05) is 0 Å². The van der Waals surface area contributed by atoms with Crippen LogP contribution in [-0.2, 0) is 17.9 Å². The van der Waals surface area contributed by atoms with Crippen molar-refractivity contribution in [3.05, 3.63) is 79.7 Å². The highest BCUT2D eigenvalue weighted by molar-refractivity contribution is 6.31. The minimum absolute atomic E-state index is 0.0582. The maximum absolute atomic E-state index is 14.4. The standard InChI is InChI=1S/C25H25ClFN5O3/c26-19-10-6-11-20(27)18(19)15-31-25(35)32-21-12-5-4-9-17(21)23(34)30(24(32)29-31)14-13-22(33)28-16-7-2-1-3-8-16/h4-6,9-12,16H,1-3,7-8,13-15H2,(H,28,33). The van der Waals surface area contributed by atoms with Crippen LogP contribution in [0.1, 0.15) is 44.1 Å². The van der Waals surface area contributed by atoms with E-state index in [0.29, 0.717) is 10.9 Å². The van der Waals surface area contributed by atoms with Crippen LogP contribution in [0.2, 0.25) is 5.02 Å². The van der Waals surface area contributed by atoms with E-state index in [0.717, 1.165) is 30.4 Å². The van der Waals surface area contributed by atoms with Gasteiger partial charge in [-0.15, -0.1) is 5.10 Å². The Morgan fingerprint density at radius 2 is 1.86 bits per heavy atom. The van der Waals surface area contributed by atoms with Gasteiger partial charge in [0.1, 0.15) is 5.82 Å². The van der Waals surface area contributed by atoms with Crippen molar-refractivity contribution in [1.82, 2.24) is 24.1 Å². The first kappa shape index (κ1) is 23.3. The lowest BCUT2D eigenvalue weighted by atomic mass is 9.95. The second-order valence-corrected chi connectivity index (χ2v) is 9.31. The normalized spacial score (nSPS) is 14.6. The van der Waals surface area contributed by atoms with Crippen molar-refractivity contribution in [2.24, 2.45) is 0 Å². The largest absolute Gasteiger partial charge is 0.353 e. The van der Waals surface area contributed by atoms with Crippen molar-refractivity contribution in [3.8, 4) is 0 Å². The zero-order chi connectivity index (χ0) is 24.5. The number of halogens is 2. The zero-order valence-electron chi connectivity index (χ0n) is 19.0. The summed E-state index contributed by atoms with van der Waals surface area (Å²) in [5.74, 6) is -0.602. The minimum Gasteiger partial charge on any atom is -0.353 e. The number of hydrogen-bond acceptors (Lipinski definition) is 4. The molecule has 0 unspecified atom stereocenters. The fraction of sp³-hybridized carbons (Fsp3) is 0.360. The van der Waals surface area contributed by atoms with Gasteiger partial charge in [-0.3, -0.25) is 14.2 Å². The number of aromatic nitrogens is 4. The summed E-state index contributed by atoms with van der Waals surface area (Å²) in [6.07, 6.45) is 5.38. The highest BCUT2D eigenvalue weighted by Gasteiger charge is 2.20. The fourth-order valence-electron chi connectivity index (χ4n) is 4.77. The maximum atomic E-state index is 14.4. The van der Waals surface area contributed by atoms with Gasteiger partial charge in [0.05, 0.1) is 17.4 Å². The molecule has 0 aliphatic heterocycles. The molecule has 35 heavy (non-hydrogen) atoms. The van der Waals surface area contributed by atoms with Crippen LogP contribution >= 0.6 is 11.6 Å². The van der Waals surface area contributed by atoms with E-state index in [4.69, 9.17) is 11.6 Å². The molecule has 0 radical (unpaired) electrons. The third-order valence-electron chi connectivity index (χ3n) is 6.59. The highest BCUT2D eigenvalue weighted by Crippen LogP contribution is 2.20. The third kappa shape index (κ3) is 4.48. The quantitative estimate of drug-likeness (QED) is 0.441. The van der Waals surface area contributed by atoms with Gasteiger partial charge < -0.3 is 5.32 Å². The van der Waals surface area contributed by atoms with Gasteiger partial charge in [0.15, 0.2) is 0 Å². The number of rotatable bonds is 6. The molecule has 2 aromatic heterocycles. The maximum Gasteiger partial charge on any atom is 0.352 e. The molecular formula is C25H25ClFN5O3. The Kier molecular flexibility index (Phi) is 6.42. The number of aryl methyl sites for hydroxylation is 1. The van der Waals surface area contributed by atoms with Crippen molar-refractivity contribution >= 4 is 34.2 Å². The van der Waals surface area contributed by atoms with Crippen molar-refractivity contribution in [3.63, 3.8) is 0 Å². The predicted octanol–water partition coefficient (Wildman–Crippen LogP) is 3.49. The summed E-state index contributed by atoms with van der Waals surface area (Å²) in [4.78, 5) is 39.3. The van der Waals surface area contributed by atoms with E-state index in [1.54, 1.807) is 24.3 Å². The van der Waals surface area contributed by atoms with Crippen LogP contribution in [0.15, 0.2) is 52.1 Å². The summed E-state index contributed by atoms with van der Waals surface area (Å²) in [6, 6.07) is 11.2. The number of hydrogen-bond donors (Lipinski definition) is 1. The fourth-order valence-corrected chi connectivity index (χ4v) is 4.99. The molecule has 2 aromatic carbocycles. The van der Waals surface area contributed by atoms with Gasteiger partial charge in [-0.05, 0) is 37.1 Å². The van der Waals surface area contributed by atoms with Gasteiger partial charge in [-0.2, -0.15) is 0 Å². The molecule has 0 atom stereocenters. The molecule has 2 heterocycles. The molecule has 10 heteroatoms. The molecule has 0 spiro atoms. The molecule has 1 fully saturated rings. The molecule has 0 bridgehead atoms. The summed E-state index contributed by atoms with van der Waals surface area (Å²) < 4.78 is 18.1. The molecule has 8 nitrogen and oxygen atoms in total. The van der Waals surface area contributed by atoms with Gasteiger partial charge in [-0.25, -0.2) is 18.3 Å². The van der Waals surface area contributed by atoms with Crippen LogP contribution in [0.4, 0.5) is 4.39 Å². The predicted molar refractivity (Wildman–Crippen MR) is 131 cm³/mol. The van der Waals surface area contributed by atoms with E-state index in [9.17, 15) is 18.8 Å². The highest BCUT2D eigenvalue weighted by atomic mass is 35.5. The summed E-state index contributed by atoms with van der Waals surface area (Å²) in [7, 11) is 0. The minimum atomic E-state index is -0.553. The van der Waals surface area contributed by atoms with Crippen molar-refractivity contribution in [1.29, 1.82) is 0 Å². The molecule has 1 amide bonds. The van der Waals surface area contributed by atoms with Crippen molar-refractivity contribution in [2.45, 2.75) is 57.7 Å². The zero-order valence-corrected chi connectivity index (χ0v) is 19.8. The average molecular weight is 498 g/mol. The van der Waals surface area contributed by atoms with Crippen molar-refractivity contribution in [2.75, 3.05) is 0 Å². The average Bonchev–Trinajstić information content (AvgIpc) is 3.18. The van der Waals surface area contributed by atoms with E-state index >= 15 is 0 Å². The van der Waals surface area contributed by atoms with E-state index in [1.165, 1.54) is 33.6 Å². The van der Waals surface area contributed by atoms with Gasteiger partial charge >= 0.3 is 5.69 Å². The first-order chi connectivity index (χ1) is 16.9. The molecule has 0 saturated heterocycles. The van der Waals surface area contributed by atoms with E-state index in [-0.39, 0.29) is 53.4 Å². The van der Waals surface area contributed by atoms with Gasteiger partial charge in [0.25, 0.3) is 5.56 Å². The number of carbonyl (C=O) groups is 1. The van der Waals surface area contributed by atoms with Gasteiger partial charge in [0, 0.05) is 29.6 Å². The Labute approximate surface area is 204 Å². The van der Waals surface area contributed by atoms with Crippen molar-refractivity contribution < 1.29 is 9.18 Å². The number of benzene rings is 2. The van der Waals surface area contributed by atoms with Crippen LogP contribution in [0.3, 0.4) is 0 Å². The number of carbonyl (C=O) groups excluding carboxylic acids is 1. The Morgan fingerprint density at radius 3 is 2.63 bits per heavy atom. The van der Waals surface area contributed by atoms with Crippen LogP contribution in [-0.4, -0.2) is 30.7 Å². The van der Waals surface area contributed by atoms with Crippen LogP contribution in [0, 0.1) is 5.82 Å². The first-order valence-electron chi connectivity index (χ1n) is 11.8. The van der Waals surface area contributed by atoms with Gasteiger partial charge in [-0.1, -0.05) is 49.1 Å². The summed E-state index contributed by atoms with van der Waals surface area (Å²) >= 11 is 6.16. The Hall–Kier alpha value is -3.46.